The van der Waals surface area contributed by atoms with Crippen LogP contribution in [-0.4, -0.2) is 54.2 Å². The number of ether oxygens (including phenoxy) is 2. The average Bonchev–Trinajstić information content (AvgIpc) is 3.07. The lowest BCUT2D eigenvalue weighted by Gasteiger charge is -2.38. The maximum absolute atomic E-state index is 9.77. The zero-order valence-electron chi connectivity index (χ0n) is 16.2. The first-order valence-electron chi connectivity index (χ1n) is 9.80. The van der Waals surface area contributed by atoms with Gasteiger partial charge in [-0.2, -0.15) is 0 Å². The minimum Gasteiger partial charge on any atom is -0.493 e. The molecular weight excluding hydrogens is 346 g/mol. The summed E-state index contributed by atoms with van der Waals surface area (Å²) >= 11 is 0. The number of hydrogen-bond donors (Lipinski definition) is 3. The van der Waals surface area contributed by atoms with Crippen molar-refractivity contribution in [2.45, 2.75) is 68.9 Å². The van der Waals surface area contributed by atoms with E-state index in [0.29, 0.717) is 17.9 Å². The highest BCUT2D eigenvalue weighted by Gasteiger charge is 2.38. The molecule has 6 heteroatoms. The molecule has 1 aromatic carbocycles. The highest BCUT2D eigenvalue weighted by atomic mass is 16.5. The Morgan fingerprint density at radius 3 is 2.44 bits per heavy atom. The summed E-state index contributed by atoms with van der Waals surface area (Å²) in [6, 6.07) is 6.00. The number of aliphatic imine (C=N–C) groups is 1. The number of benzene rings is 1. The third-order valence-electron chi connectivity index (χ3n) is 6.11. The van der Waals surface area contributed by atoms with Gasteiger partial charge < -0.3 is 24.8 Å². The summed E-state index contributed by atoms with van der Waals surface area (Å²) in [5.41, 5.74) is 0.869. The highest BCUT2D eigenvalue weighted by molar-refractivity contribution is 5.74. The summed E-state index contributed by atoms with van der Waals surface area (Å²) in [6.45, 7) is 0. The molecule has 0 spiro atoms. The van der Waals surface area contributed by atoms with E-state index < -0.39 is 6.29 Å². The van der Waals surface area contributed by atoms with Gasteiger partial charge in [0.25, 0.3) is 0 Å². The van der Waals surface area contributed by atoms with Gasteiger partial charge in [0.15, 0.2) is 17.8 Å². The molecule has 6 nitrogen and oxygen atoms in total. The molecule has 3 rings (SSSR count). The van der Waals surface area contributed by atoms with Crippen LogP contribution < -0.4 is 9.47 Å². The molecule has 0 aliphatic heterocycles. The fraction of sp³-hybridized carbons (Fsp3) is 0.667. The lowest BCUT2D eigenvalue weighted by molar-refractivity contribution is -0.0951. The second-order valence-electron chi connectivity index (χ2n) is 7.87. The Balaban J connectivity index is 1.86. The molecule has 0 aromatic heterocycles. The molecule has 2 atom stereocenters. The van der Waals surface area contributed by atoms with Crippen LogP contribution in [0.4, 0.5) is 0 Å². The molecule has 27 heavy (non-hydrogen) atoms. The lowest BCUT2D eigenvalue weighted by atomic mass is 9.67. The fourth-order valence-corrected chi connectivity index (χ4v) is 4.48. The van der Waals surface area contributed by atoms with E-state index in [4.69, 9.17) is 9.47 Å². The van der Waals surface area contributed by atoms with Gasteiger partial charge in [0, 0.05) is 31.0 Å². The quantitative estimate of drug-likeness (QED) is 0.523. The van der Waals surface area contributed by atoms with Crippen LogP contribution in [0, 0.1) is 5.92 Å². The fourth-order valence-electron chi connectivity index (χ4n) is 4.48. The lowest BCUT2D eigenvalue weighted by Crippen LogP contribution is -2.36. The van der Waals surface area contributed by atoms with Crippen LogP contribution in [0.5, 0.6) is 11.5 Å². The van der Waals surface area contributed by atoms with Gasteiger partial charge in [-0.05, 0) is 56.2 Å². The second kappa shape index (κ2) is 8.59. The van der Waals surface area contributed by atoms with Gasteiger partial charge in [-0.1, -0.05) is 6.07 Å². The van der Waals surface area contributed by atoms with Crippen molar-refractivity contribution in [3.05, 3.63) is 23.8 Å². The highest BCUT2D eigenvalue weighted by Crippen LogP contribution is 2.44. The average molecular weight is 377 g/mol. The van der Waals surface area contributed by atoms with Crippen molar-refractivity contribution in [2.24, 2.45) is 10.9 Å². The normalized spacial score (nSPS) is 31.6. The summed E-state index contributed by atoms with van der Waals surface area (Å²) < 4.78 is 11.7. The topological polar surface area (TPSA) is 91.5 Å². The minimum atomic E-state index is -1.26. The monoisotopic (exact) mass is 377 g/mol. The van der Waals surface area contributed by atoms with Gasteiger partial charge >= 0.3 is 0 Å². The van der Waals surface area contributed by atoms with Crippen LogP contribution in [0.2, 0.25) is 0 Å². The molecule has 0 heterocycles. The van der Waals surface area contributed by atoms with Gasteiger partial charge in [-0.25, -0.2) is 0 Å². The van der Waals surface area contributed by atoms with Crippen LogP contribution in [0.15, 0.2) is 23.2 Å². The molecule has 2 unspecified atom stereocenters. The predicted octanol–water partition coefficient (Wildman–Crippen LogP) is 2.43. The Morgan fingerprint density at radius 2 is 1.89 bits per heavy atom. The van der Waals surface area contributed by atoms with E-state index in [-0.39, 0.29) is 23.5 Å². The molecule has 2 aliphatic rings. The molecule has 0 radical (unpaired) electrons. The summed E-state index contributed by atoms with van der Waals surface area (Å²) in [5, 5.41) is 28.8. The Kier molecular flexibility index (Phi) is 6.40. The van der Waals surface area contributed by atoms with Crippen molar-refractivity contribution in [2.75, 3.05) is 14.2 Å². The van der Waals surface area contributed by atoms with Crippen molar-refractivity contribution in [3.63, 3.8) is 0 Å². The zero-order chi connectivity index (χ0) is 19.4. The number of nitrogens with zero attached hydrogens (tertiary/aromatic N) is 1. The van der Waals surface area contributed by atoms with E-state index >= 15 is 0 Å². The first-order chi connectivity index (χ1) is 13.0. The molecule has 0 amide bonds. The van der Waals surface area contributed by atoms with E-state index in [1.165, 1.54) is 0 Å². The van der Waals surface area contributed by atoms with Crippen molar-refractivity contribution in [1.82, 2.24) is 0 Å². The van der Waals surface area contributed by atoms with E-state index in [2.05, 4.69) is 4.99 Å². The summed E-state index contributed by atoms with van der Waals surface area (Å²) in [6.07, 6.45) is 5.77. The van der Waals surface area contributed by atoms with E-state index in [0.717, 1.165) is 44.1 Å². The molecule has 2 saturated carbocycles. The van der Waals surface area contributed by atoms with Gasteiger partial charge in [-0.3, -0.25) is 4.99 Å². The van der Waals surface area contributed by atoms with Crippen molar-refractivity contribution >= 4 is 6.21 Å². The first kappa shape index (κ1) is 20.1. The summed E-state index contributed by atoms with van der Waals surface area (Å²) in [4.78, 5) is 4.31. The Morgan fingerprint density at radius 1 is 1.15 bits per heavy atom. The number of aliphatic hydroxyl groups is 3. The van der Waals surface area contributed by atoms with Crippen LogP contribution in [0.25, 0.3) is 0 Å². The molecule has 150 valence electrons. The molecule has 2 fully saturated rings. The van der Waals surface area contributed by atoms with Crippen LogP contribution in [0.3, 0.4) is 0 Å². The van der Waals surface area contributed by atoms with E-state index in [1.54, 1.807) is 14.2 Å². The summed E-state index contributed by atoms with van der Waals surface area (Å²) in [7, 11) is 3.40. The first-order valence-corrected chi connectivity index (χ1v) is 9.80. The molecule has 0 bridgehead atoms. The number of aliphatic hydroxyl groups excluding tert-OH is 2. The van der Waals surface area contributed by atoms with E-state index in [1.807, 2.05) is 24.4 Å². The van der Waals surface area contributed by atoms with Gasteiger partial charge in [0.05, 0.1) is 13.2 Å². The largest absolute Gasteiger partial charge is 0.493 e. The van der Waals surface area contributed by atoms with Crippen LogP contribution >= 0.6 is 0 Å². The molecule has 3 N–H and O–H groups in total. The maximum atomic E-state index is 9.77. The smallest absolute Gasteiger partial charge is 0.161 e. The second-order valence-corrected chi connectivity index (χ2v) is 7.87. The van der Waals surface area contributed by atoms with E-state index in [9.17, 15) is 15.3 Å². The zero-order valence-corrected chi connectivity index (χ0v) is 16.2. The van der Waals surface area contributed by atoms with Crippen molar-refractivity contribution < 1.29 is 24.8 Å². The maximum Gasteiger partial charge on any atom is 0.161 e. The number of rotatable bonds is 6. The number of hydrogen-bond acceptors (Lipinski definition) is 6. The Hall–Kier alpha value is -1.63. The Bertz CT molecular complexity index is 652. The SMILES string of the molecule is CN=CC1(c2ccc(OC)c(OC3CCC(O)C3)c2)CCC(C(O)O)CC1. The van der Waals surface area contributed by atoms with Gasteiger partial charge in [0.2, 0.25) is 0 Å². The molecular formula is C21H31NO5. The third kappa shape index (κ3) is 4.45. The third-order valence-corrected chi connectivity index (χ3v) is 6.11. The Labute approximate surface area is 160 Å². The van der Waals surface area contributed by atoms with Gasteiger partial charge in [0.1, 0.15) is 6.10 Å². The van der Waals surface area contributed by atoms with Crippen molar-refractivity contribution in [3.8, 4) is 11.5 Å². The summed E-state index contributed by atoms with van der Waals surface area (Å²) in [5.74, 6) is 1.29. The standard InChI is InChI=1S/C21H31NO5/c1-22-13-21(9-7-14(8-10-21)20(24)25)15-3-6-18(26-2)19(11-15)27-17-5-4-16(23)12-17/h3,6,11,13-14,16-17,20,23-25H,4-5,7-10,12H2,1-2H3. The van der Waals surface area contributed by atoms with Crippen LogP contribution in [0.1, 0.15) is 50.5 Å². The minimum absolute atomic E-state index is 0.000199. The molecule has 0 saturated heterocycles. The van der Waals surface area contributed by atoms with Gasteiger partial charge in [-0.15, -0.1) is 0 Å². The van der Waals surface area contributed by atoms with Crippen LogP contribution in [-0.2, 0) is 5.41 Å². The van der Waals surface area contributed by atoms with Crippen molar-refractivity contribution in [1.29, 1.82) is 0 Å². The predicted molar refractivity (Wildman–Crippen MR) is 104 cm³/mol. The number of methoxy groups -OCH3 is 1. The molecule has 2 aliphatic carbocycles. The molecule has 1 aromatic rings.